The highest BCUT2D eigenvalue weighted by Gasteiger charge is 2.32. The first-order chi connectivity index (χ1) is 13.4. The van der Waals surface area contributed by atoms with Crippen LogP contribution in [0.3, 0.4) is 0 Å². The Morgan fingerprint density at radius 2 is 1.89 bits per heavy atom. The van der Waals surface area contributed by atoms with E-state index >= 15 is 0 Å². The molecule has 2 aliphatic rings. The van der Waals surface area contributed by atoms with Crippen LogP contribution in [0.5, 0.6) is 0 Å². The van der Waals surface area contributed by atoms with Gasteiger partial charge in [0.1, 0.15) is 5.82 Å². The zero-order valence-corrected chi connectivity index (χ0v) is 16.7. The molecule has 4 rings (SSSR count). The summed E-state index contributed by atoms with van der Waals surface area (Å²) in [6.45, 7) is 5.67. The maximum atomic E-state index is 12.9. The molecule has 1 aromatic carbocycles. The third kappa shape index (κ3) is 3.35. The molecule has 5 N–H and O–H groups in total. The number of nitrogens with one attached hydrogen (secondary N) is 1. The van der Waals surface area contributed by atoms with Crippen LogP contribution in [0.4, 0.5) is 5.82 Å². The summed E-state index contributed by atoms with van der Waals surface area (Å²) in [5.74, 6) is 1.59. The van der Waals surface area contributed by atoms with Gasteiger partial charge in [0.25, 0.3) is 10.0 Å². The Balaban J connectivity index is 1.58. The van der Waals surface area contributed by atoms with Gasteiger partial charge >= 0.3 is 0 Å². The first kappa shape index (κ1) is 18.8. The predicted molar refractivity (Wildman–Crippen MR) is 109 cm³/mol. The predicted octanol–water partition coefficient (Wildman–Crippen LogP) is 0.777. The van der Waals surface area contributed by atoms with E-state index < -0.39 is 10.0 Å². The summed E-state index contributed by atoms with van der Waals surface area (Å²) in [4.78, 5) is 0.179. The van der Waals surface area contributed by atoms with Gasteiger partial charge in [0, 0.05) is 25.8 Å². The van der Waals surface area contributed by atoms with Crippen molar-refractivity contribution in [1.29, 1.82) is 0 Å². The summed E-state index contributed by atoms with van der Waals surface area (Å²) < 4.78 is 26.9. The fourth-order valence-electron chi connectivity index (χ4n) is 3.99. The van der Waals surface area contributed by atoms with Gasteiger partial charge in [0.05, 0.1) is 10.5 Å². The Morgan fingerprint density at radius 1 is 1.18 bits per heavy atom. The molecule has 0 aliphatic carbocycles. The zero-order valence-electron chi connectivity index (χ0n) is 15.9. The number of piperidine rings is 1. The average molecular weight is 403 g/mol. The smallest absolute Gasteiger partial charge is 0.269 e. The van der Waals surface area contributed by atoms with Gasteiger partial charge in [-0.1, -0.05) is 17.7 Å². The first-order valence-corrected chi connectivity index (χ1v) is 10.9. The Hall–Kier alpha value is -2.52. The zero-order chi connectivity index (χ0) is 19.9. The minimum atomic E-state index is -3.78. The number of benzene rings is 1. The molecule has 2 unspecified atom stereocenters. The number of nitrogens with zero attached hydrogens (tertiary/aromatic N) is 3. The summed E-state index contributed by atoms with van der Waals surface area (Å²) >= 11 is 0. The Morgan fingerprint density at radius 3 is 2.64 bits per heavy atom. The van der Waals surface area contributed by atoms with Crippen LogP contribution in [0.1, 0.15) is 17.5 Å². The second kappa shape index (κ2) is 7.14. The maximum Gasteiger partial charge on any atom is 0.269 e. The van der Waals surface area contributed by atoms with Crippen molar-refractivity contribution in [3.63, 3.8) is 0 Å². The van der Waals surface area contributed by atoms with Gasteiger partial charge in [-0.3, -0.25) is 5.01 Å². The van der Waals surface area contributed by atoms with Crippen molar-refractivity contribution in [2.24, 2.45) is 22.7 Å². The SMILES string of the molecule is Cc1ccc(S(=O)(=O)n2ccc(C(N)=NN3CCC4CNCC4C3)c2N)cc1. The molecule has 0 bridgehead atoms. The summed E-state index contributed by atoms with van der Waals surface area (Å²) in [5.41, 5.74) is 13.7. The maximum absolute atomic E-state index is 12.9. The molecule has 0 amide bonds. The molecule has 8 nitrogen and oxygen atoms in total. The molecule has 2 saturated heterocycles. The lowest BCUT2D eigenvalue weighted by Gasteiger charge is -2.32. The topological polar surface area (TPSA) is 119 Å². The van der Waals surface area contributed by atoms with Crippen LogP contribution in [0.15, 0.2) is 46.5 Å². The summed E-state index contributed by atoms with van der Waals surface area (Å²) in [5, 5.41) is 9.91. The molecule has 2 aliphatic heterocycles. The van der Waals surface area contributed by atoms with Gasteiger partial charge in [-0.25, -0.2) is 12.4 Å². The third-order valence-corrected chi connectivity index (χ3v) is 7.38. The number of aryl methyl sites for hydroxylation is 1. The minimum absolute atomic E-state index is 0.0687. The standard InChI is InChI=1S/C19H26N6O2S/c1-13-2-4-16(5-3-13)28(26,27)25-9-7-17(19(25)21)18(20)23-24-8-6-14-10-22-11-15(14)12-24/h2-5,7,9,14-15,22H,6,8,10-12,21H2,1H3,(H2,20,23). The van der Waals surface area contributed by atoms with E-state index in [1.165, 1.54) is 6.20 Å². The molecule has 2 atom stereocenters. The van der Waals surface area contributed by atoms with Gasteiger partial charge in [0.2, 0.25) is 0 Å². The Bertz CT molecular complexity index is 996. The average Bonchev–Trinajstić information content (AvgIpc) is 3.28. The van der Waals surface area contributed by atoms with Crippen molar-refractivity contribution < 1.29 is 8.42 Å². The Kier molecular flexibility index (Phi) is 4.80. The quantitative estimate of drug-likeness (QED) is 0.514. The number of amidine groups is 1. The van der Waals surface area contributed by atoms with Gasteiger partial charge < -0.3 is 16.8 Å². The van der Waals surface area contributed by atoms with Gasteiger partial charge in [-0.15, -0.1) is 0 Å². The van der Waals surface area contributed by atoms with E-state index in [0.717, 1.165) is 42.1 Å². The molecular formula is C19H26N6O2S. The summed E-state index contributed by atoms with van der Waals surface area (Å²) in [6, 6.07) is 8.25. The van der Waals surface area contributed by atoms with Crippen LogP contribution >= 0.6 is 0 Å². The van der Waals surface area contributed by atoms with E-state index in [0.29, 0.717) is 17.4 Å². The second-order valence-electron chi connectivity index (χ2n) is 7.59. The Labute approximate surface area is 165 Å². The molecule has 2 fully saturated rings. The van der Waals surface area contributed by atoms with Gasteiger partial charge in [-0.2, -0.15) is 5.10 Å². The van der Waals surface area contributed by atoms with Crippen LogP contribution in [0.25, 0.3) is 0 Å². The van der Waals surface area contributed by atoms with Crippen molar-refractivity contribution in [3.8, 4) is 0 Å². The van der Waals surface area contributed by atoms with Crippen LogP contribution in [-0.4, -0.2) is 49.4 Å². The largest absolute Gasteiger partial charge is 0.384 e. The minimum Gasteiger partial charge on any atom is -0.384 e. The molecule has 150 valence electrons. The molecular weight excluding hydrogens is 376 g/mol. The molecule has 0 radical (unpaired) electrons. The highest BCUT2D eigenvalue weighted by atomic mass is 32.2. The van der Waals surface area contributed by atoms with Gasteiger partial charge in [0.15, 0.2) is 5.84 Å². The van der Waals surface area contributed by atoms with Crippen molar-refractivity contribution in [2.75, 3.05) is 31.9 Å². The van der Waals surface area contributed by atoms with Crippen molar-refractivity contribution in [3.05, 3.63) is 47.7 Å². The summed E-state index contributed by atoms with van der Waals surface area (Å²) in [7, 11) is -3.78. The summed E-state index contributed by atoms with van der Waals surface area (Å²) in [6.07, 6.45) is 2.50. The van der Waals surface area contributed by atoms with E-state index in [9.17, 15) is 8.42 Å². The van der Waals surface area contributed by atoms with Crippen molar-refractivity contribution in [2.45, 2.75) is 18.2 Å². The number of hydrazone groups is 1. The number of fused-ring (bicyclic) bond motifs is 1. The molecule has 3 heterocycles. The fourth-order valence-corrected chi connectivity index (χ4v) is 5.27. The van der Waals surface area contributed by atoms with E-state index in [4.69, 9.17) is 11.5 Å². The molecule has 0 spiro atoms. The lowest BCUT2D eigenvalue weighted by molar-refractivity contribution is 0.154. The molecule has 0 saturated carbocycles. The van der Waals surface area contributed by atoms with Crippen molar-refractivity contribution >= 4 is 21.7 Å². The van der Waals surface area contributed by atoms with Crippen LogP contribution in [0, 0.1) is 18.8 Å². The normalized spacial score (nSPS) is 23.0. The second-order valence-corrected chi connectivity index (χ2v) is 9.41. The third-order valence-electron chi connectivity index (χ3n) is 5.68. The highest BCUT2D eigenvalue weighted by molar-refractivity contribution is 7.90. The van der Waals surface area contributed by atoms with E-state index in [2.05, 4.69) is 10.4 Å². The van der Waals surface area contributed by atoms with Crippen LogP contribution < -0.4 is 16.8 Å². The van der Waals surface area contributed by atoms with E-state index in [-0.39, 0.29) is 16.5 Å². The lowest BCUT2D eigenvalue weighted by atomic mass is 9.89. The number of rotatable bonds is 4. The number of hydrogen-bond acceptors (Lipinski definition) is 6. The van der Waals surface area contributed by atoms with Crippen LogP contribution in [0.2, 0.25) is 0 Å². The van der Waals surface area contributed by atoms with Crippen LogP contribution in [-0.2, 0) is 10.0 Å². The molecule has 2 aromatic rings. The van der Waals surface area contributed by atoms with Gasteiger partial charge in [-0.05, 0) is 49.9 Å². The number of nitrogen functional groups attached to an aromatic ring is 1. The van der Waals surface area contributed by atoms with E-state index in [1.54, 1.807) is 30.3 Å². The first-order valence-electron chi connectivity index (χ1n) is 9.45. The van der Waals surface area contributed by atoms with Crippen molar-refractivity contribution in [1.82, 2.24) is 14.3 Å². The molecule has 9 heteroatoms. The lowest BCUT2D eigenvalue weighted by Crippen LogP contribution is -2.38. The van der Waals surface area contributed by atoms with E-state index in [1.807, 2.05) is 11.9 Å². The molecule has 28 heavy (non-hydrogen) atoms. The molecule has 1 aromatic heterocycles. The number of hydrogen-bond donors (Lipinski definition) is 3. The number of nitrogens with two attached hydrogens (primary N) is 2. The monoisotopic (exact) mass is 402 g/mol. The fraction of sp³-hybridized carbons (Fsp3) is 0.421. The number of aromatic nitrogens is 1. The number of anilines is 1. The highest BCUT2D eigenvalue weighted by Crippen LogP contribution is 2.27.